The number of hydrogen-bond donors (Lipinski definition) is 1. The van der Waals surface area contributed by atoms with Gasteiger partial charge in [0.2, 0.25) is 5.91 Å². The molecule has 0 saturated heterocycles. The fraction of sp³-hybridized carbons (Fsp3) is 0.472. The number of aryl methyl sites for hydroxylation is 2. The number of amides is 1. The van der Waals surface area contributed by atoms with Gasteiger partial charge in [-0.1, -0.05) is 18.2 Å². The van der Waals surface area contributed by atoms with Gasteiger partial charge in [0.1, 0.15) is 23.4 Å². The number of methoxy groups -OCH3 is 1. The first-order valence-corrected chi connectivity index (χ1v) is 15.9. The average Bonchev–Trinajstić information content (AvgIpc) is 3.56. The van der Waals surface area contributed by atoms with Crippen LogP contribution in [-0.4, -0.2) is 64.4 Å². The van der Waals surface area contributed by atoms with Gasteiger partial charge in [0, 0.05) is 48.6 Å². The van der Waals surface area contributed by atoms with Crippen molar-refractivity contribution in [1.29, 1.82) is 0 Å². The highest BCUT2D eigenvalue weighted by Crippen LogP contribution is 2.57. The van der Waals surface area contributed by atoms with Crippen molar-refractivity contribution in [2.45, 2.75) is 64.9 Å². The van der Waals surface area contributed by atoms with E-state index in [-0.39, 0.29) is 24.0 Å². The Hall–Kier alpha value is -4.27. The predicted octanol–water partition coefficient (Wildman–Crippen LogP) is 5.94. The van der Waals surface area contributed by atoms with Crippen LogP contribution in [0.3, 0.4) is 0 Å². The molecule has 1 amide bonds. The van der Waals surface area contributed by atoms with Crippen LogP contribution in [0.1, 0.15) is 56.2 Å². The molecular weight excluding hydrogens is 570 g/mol. The van der Waals surface area contributed by atoms with E-state index in [9.17, 15) is 19.5 Å². The molecule has 6 rings (SSSR count). The summed E-state index contributed by atoms with van der Waals surface area (Å²) < 4.78 is 12.3. The average molecular weight is 612 g/mol. The van der Waals surface area contributed by atoms with E-state index in [4.69, 9.17) is 14.5 Å². The SMILES string of the molecule is COc1ccc2c(O[C@@H]3C[C@H]4C(=O)C[C@]5(C(=O)O)C[C@@H]5/C=C\CCCCN(C)C(=O)[C@@H]4C3)cc(-c3cccc(C)n3)nc2c1C. The van der Waals surface area contributed by atoms with Crippen LogP contribution in [0, 0.1) is 37.0 Å². The number of carboxylic acids is 1. The van der Waals surface area contributed by atoms with E-state index in [1.165, 1.54) is 0 Å². The van der Waals surface area contributed by atoms with Crippen molar-refractivity contribution in [3.63, 3.8) is 0 Å². The molecule has 2 aromatic heterocycles. The molecule has 1 aromatic carbocycles. The fourth-order valence-corrected chi connectivity index (χ4v) is 7.23. The number of ether oxygens (including phenoxy) is 2. The van der Waals surface area contributed by atoms with E-state index in [1.807, 2.05) is 62.4 Å². The maximum atomic E-state index is 13.9. The highest BCUT2D eigenvalue weighted by Gasteiger charge is 2.61. The molecule has 1 N–H and O–H groups in total. The molecule has 0 unspecified atom stereocenters. The number of carboxylic acid groups (broad SMARTS) is 1. The highest BCUT2D eigenvalue weighted by molar-refractivity contribution is 5.94. The Morgan fingerprint density at radius 2 is 1.82 bits per heavy atom. The Balaban J connectivity index is 1.35. The Bertz CT molecular complexity index is 1680. The smallest absolute Gasteiger partial charge is 0.310 e. The molecule has 45 heavy (non-hydrogen) atoms. The molecule has 3 heterocycles. The van der Waals surface area contributed by atoms with Gasteiger partial charge in [0.25, 0.3) is 0 Å². The minimum atomic E-state index is -1.08. The van der Waals surface area contributed by atoms with E-state index in [0.29, 0.717) is 48.7 Å². The topological polar surface area (TPSA) is 119 Å². The number of Topliss-reactive ketones (excluding diaryl/α,β-unsaturated/α-hetero) is 1. The maximum absolute atomic E-state index is 13.9. The summed E-state index contributed by atoms with van der Waals surface area (Å²) in [6.07, 6.45) is 7.29. The summed E-state index contributed by atoms with van der Waals surface area (Å²) in [6, 6.07) is 11.5. The molecule has 3 aromatic rings. The summed E-state index contributed by atoms with van der Waals surface area (Å²) in [4.78, 5) is 51.5. The van der Waals surface area contributed by atoms with E-state index in [1.54, 1.807) is 19.1 Å². The number of nitrogens with zero attached hydrogens (tertiary/aromatic N) is 3. The fourth-order valence-electron chi connectivity index (χ4n) is 7.23. The Morgan fingerprint density at radius 1 is 1.02 bits per heavy atom. The first kappa shape index (κ1) is 30.7. The number of aromatic nitrogens is 2. The third-order valence-corrected chi connectivity index (χ3v) is 9.97. The van der Waals surface area contributed by atoms with E-state index < -0.39 is 29.3 Å². The summed E-state index contributed by atoms with van der Waals surface area (Å²) in [7, 11) is 3.42. The zero-order valence-electron chi connectivity index (χ0n) is 26.4. The normalized spacial score (nSPS) is 27.8. The maximum Gasteiger partial charge on any atom is 0.310 e. The number of aliphatic carboxylic acids is 1. The van der Waals surface area contributed by atoms with Crippen LogP contribution in [0.15, 0.2) is 48.6 Å². The van der Waals surface area contributed by atoms with Crippen molar-refractivity contribution in [2.75, 3.05) is 20.7 Å². The number of ketones is 1. The lowest BCUT2D eigenvalue weighted by Gasteiger charge is -2.25. The van der Waals surface area contributed by atoms with Crippen molar-refractivity contribution in [3.05, 3.63) is 59.8 Å². The Labute approximate surface area is 263 Å². The Kier molecular flexibility index (Phi) is 8.37. The molecule has 2 aliphatic carbocycles. The minimum Gasteiger partial charge on any atom is -0.496 e. The van der Waals surface area contributed by atoms with Crippen LogP contribution in [0.25, 0.3) is 22.3 Å². The number of pyridine rings is 2. The van der Waals surface area contributed by atoms with Crippen molar-refractivity contribution in [3.8, 4) is 22.9 Å². The second-order valence-corrected chi connectivity index (χ2v) is 13.0. The molecule has 2 fully saturated rings. The summed E-state index contributed by atoms with van der Waals surface area (Å²) in [5.41, 5.74) is 2.74. The molecule has 0 spiro atoms. The van der Waals surface area contributed by atoms with E-state index >= 15 is 0 Å². The van der Waals surface area contributed by atoms with Gasteiger partial charge in [-0.05, 0) is 82.6 Å². The number of rotatable bonds is 5. The van der Waals surface area contributed by atoms with Crippen LogP contribution >= 0.6 is 0 Å². The van der Waals surface area contributed by atoms with Gasteiger partial charge < -0.3 is 19.5 Å². The van der Waals surface area contributed by atoms with Gasteiger partial charge in [-0.15, -0.1) is 0 Å². The zero-order chi connectivity index (χ0) is 31.9. The number of allylic oxidation sites excluding steroid dienone is 2. The lowest BCUT2D eigenvalue weighted by Crippen LogP contribution is -2.38. The van der Waals surface area contributed by atoms with Gasteiger partial charge >= 0.3 is 5.97 Å². The first-order chi connectivity index (χ1) is 21.6. The molecule has 9 nitrogen and oxygen atoms in total. The van der Waals surface area contributed by atoms with Gasteiger partial charge in [0.05, 0.1) is 35.3 Å². The number of hydrogen-bond acceptors (Lipinski definition) is 7. The van der Waals surface area contributed by atoms with E-state index in [0.717, 1.165) is 41.4 Å². The molecule has 236 valence electrons. The predicted molar refractivity (Wildman–Crippen MR) is 170 cm³/mol. The van der Waals surface area contributed by atoms with Crippen molar-refractivity contribution < 1.29 is 29.0 Å². The standard InChI is InChI=1S/C36H41N3O6/c1-21-10-9-12-28(37-21)29-18-32(25-13-14-31(44-4)22(2)33(25)38-29)45-24-16-26-27(17-24)34(41)39(3)15-8-6-5-7-11-23-19-36(23,35(42)43)20-30(26)40/h7,9-14,18,23-24,26-27H,5-6,8,15-17,19-20H2,1-4H3,(H,42,43)/b11-7-/t23-,24+,26+,27+,36+/m0/s1. The highest BCUT2D eigenvalue weighted by atomic mass is 16.5. The minimum absolute atomic E-state index is 0.0669. The second kappa shape index (κ2) is 12.3. The van der Waals surface area contributed by atoms with Crippen molar-refractivity contribution in [2.24, 2.45) is 23.2 Å². The van der Waals surface area contributed by atoms with Crippen molar-refractivity contribution in [1.82, 2.24) is 14.9 Å². The second-order valence-electron chi connectivity index (χ2n) is 13.0. The number of carbonyl (C=O) groups is 3. The molecule has 5 atom stereocenters. The quantitative estimate of drug-likeness (QED) is 0.352. The molecule has 1 aliphatic heterocycles. The number of benzene rings is 1. The van der Waals surface area contributed by atoms with Crippen LogP contribution in [0.5, 0.6) is 11.5 Å². The zero-order valence-corrected chi connectivity index (χ0v) is 26.4. The van der Waals surface area contributed by atoms with E-state index in [2.05, 4.69) is 4.98 Å². The van der Waals surface area contributed by atoms with Crippen LogP contribution in [0.2, 0.25) is 0 Å². The summed E-state index contributed by atoms with van der Waals surface area (Å²) >= 11 is 0. The summed E-state index contributed by atoms with van der Waals surface area (Å²) in [6.45, 7) is 4.50. The Morgan fingerprint density at radius 3 is 2.58 bits per heavy atom. The van der Waals surface area contributed by atoms with Gasteiger partial charge in [-0.3, -0.25) is 19.4 Å². The number of carbonyl (C=O) groups excluding carboxylic acids is 2. The molecule has 3 aliphatic rings. The summed E-state index contributed by atoms with van der Waals surface area (Å²) in [5, 5.41) is 10.9. The third kappa shape index (κ3) is 5.92. The monoisotopic (exact) mass is 611 g/mol. The molecule has 2 saturated carbocycles. The van der Waals surface area contributed by atoms with Gasteiger partial charge in [0.15, 0.2) is 0 Å². The van der Waals surface area contributed by atoms with Gasteiger partial charge in [-0.2, -0.15) is 0 Å². The van der Waals surface area contributed by atoms with Crippen LogP contribution < -0.4 is 9.47 Å². The number of fused-ring (bicyclic) bond motifs is 3. The molecule has 0 radical (unpaired) electrons. The van der Waals surface area contributed by atoms with Crippen molar-refractivity contribution >= 4 is 28.6 Å². The first-order valence-electron chi connectivity index (χ1n) is 15.9. The van der Waals surface area contributed by atoms with Crippen LogP contribution in [-0.2, 0) is 14.4 Å². The van der Waals surface area contributed by atoms with Gasteiger partial charge in [-0.25, -0.2) is 4.98 Å². The summed E-state index contributed by atoms with van der Waals surface area (Å²) in [5.74, 6) is -1.19. The van der Waals surface area contributed by atoms with Crippen LogP contribution in [0.4, 0.5) is 0 Å². The third-order valence-electron chi connectivity index (χ3n) is 9.97. The lowest BCUT2D eigenvalue weighted by molar-refractivity contribution is -0.147. The molecule has 9 heteroatoms. The lowest BCUT2D eigenvalue weighted by atomic mass is 9.84. The largest absolute Gasteiger partial charge is 0.496 e. The molecular formula is C36H41N3O6. The molecule has 0 bridgehead atoms.